The molecule has 0 aromatic heterocycles. The zero-order chi connectivity index (χ0) is 14.5. The first-order valence-electron chi connectivity index (χ1n) is 6.99. The maximum Gasteiger partial charge on any atom is 0.232 e. The first-order chi connectivity index (χ1) is 8.80. The predicted octanol–water partition coefficient (Wildman–Crippen LogP) is 2.94. The molecule has 0 saturated carbocycles. The molecule has 0 aromatic rings. The number of rotatable bonds is 7. The maximum absolute atomic E-state index is 11.2. The lowest BCUT2D eigenvalue weighted by Gasteiger charge is -2.32. The Balaban J connectivity index is 2.42. The summed E-state index contributed by atoms with van der Waals surface area (Å²) in [5.74, 6) is -0.0163. The molecule has 3 unspecified atom stereocenters. The van der Waals surface area contributed by atoms with E-state index in [2.05, 4.69) is 0 Å². The van der Waals surface area contributed by atoms with Crippen LogP contribution in [0.2, 0.25) is 0 Å². The molecule has 4 nitrogen and oxygen atoms in total. The Morgan fingerprint density at radius 2 is 1.89 bits per heavy atom. The van der Waals surface area contributed by atoms with E-state index in [1.54, 1.807) is 0 Å². The molecule has 1 heterocycles. The summed E-state index contributed by atoms with van der Waals surface area (Å²) < 4.78 is 33.9. The molecule has 1 rings (SSSR count). The normalized spacial score (nSPS) is 30.2. The van der Waals surface area contributed by atoms with Crippen molar-refractivity contribution in [1.29, 1.82) is 0 Å². The van der Waals surface area contributed by atoms with E-state index in [1.807, 2.05) is 20.8 Å². The largest absolute Gasteiger partial charge is 0.378 e. The fraction of sp³-hybridized carbons (Fsp3) is 1.00. The highest BCUT2D eigenvalue weighted by atomic mass is 35.7. The van der Waals surface area contributed by atoms with Crippen LogP contribution in [0.5, 0.6) is 0 Å². The summed E-state index contributed by atoms with van der Waals surface area (Å²) in [5.41, 5.74) is 0. The highest BCUT2D eigenvalue weighted by Gasteiger charge is 2.26. The van der Waals surface area contributed by atoms with Gasteiger partial charge in [-0.3, -0.25) is 0 Å². The number of hydrogen-bond donors (Lipinski definition) is 0. The van der Waals surface area contributed by atoms with Gasteiger partial charge >= 0.3 is 0 Å². The van der Waals surface area contributed by atoms with Gasteiger partial charge in [-0.1, -0.05) is 13.3 Å². The maximum atomic E-state index is 11.2. The number of hydrogen-bond acceptors (Lipinski definition) is 4. The molecule has 1 fully saturated rings. The number of ether oxygens (including phenoxy) is 2. The van der Waals surface area contributed by atoms with Crippen molar-refractivity contribution in [3.8, 4) is 0 Å². The van der Waals surface area contributed by atoms with Gasteiger partial charge in [-0.15, -0.1) is 0 Å². The van der Waals surface area contributed by atoms with E-state index in [0.717, 1.165) is 25.7 Å². The standard InChI is InChI=1S/C13H25ClO4S/c1-4-5-12(9-19(14,15)16)8-17-13-6-10(2)18-11(3)7-13/h10-13H,4-9H2,1-3H3. The van der Waals surface area contributed by atoms with Crippen LogP contribution in [0, 0.1) is 5.92 Å². The van der Waals surface area contributed by atoms with Gasteiger partial charge in [0.25, 0.3) is 0 Å². The lowest BCUT2D eigenvalue weighted by Crippen LogP contribution is -2.35. The third-order valence-electron chi connectivity index (χ3n) is 3.35. The molecule has 1 aliphatic heterocycles. The fourth-order valence-electron chi connectivity index (χ4n) is 2.66. The van der Waals surface area contributed by atoms with Crippen LogP contribution in [0.3, 0.4) is 0 Å². The van der Waals surface area contributed by atoms with Crippen LogP contribution in [0.25, 0.3) is 0 Å². The van der Waals surface area contributed by atoms with Crippen LogP contribution in [-0.2, 0) is 18.5 Å². The van der Waals surface area contributed by atoms with Gasteiger partial charge in [0.05, 0.1) is 30.7 Å². The summed E-state index contributed by atoms with van der Waals surface area (Å²) >= 11 is 0. The van der Waals surface area contributed by atoms with Crippen molar-refractivity contribution in [2.75, 3.05) is 12.4 Å². The third-order valence-corrected chi connectivity index (χ3v) is 4.60. The SMILES string of the molecule is CCCC(COC1CC(C)OC(C)C1)CS(=O)(=O)Cl. The van der Waals surface area contributed by atoms with Crippen molar-refractivity contribution in [2.24, 2.45) is 5.92 Å². The topological polar surface area (TPSA) is 52.6 Å². The van der Waals surface area contributed by atoms with E-state index in [1.165, 1.54) is 0 Å². The predicted molar refractivity (Wildman–Crippen MR) is 77.0 cm³/mol. The van der Waals surface area contributed by atoms with Crippen molar-refractivity contribution < 1.29 is 17.9 Å². The van der Waals surface area contributed by atoms with Gasteiger partial charge in [-0.05, 0) is 39.0 Å². The summed E-state index contributed by atoms with van der Waals surface area (Å²) in [6.45, 7) is 6.58. The molecule has 0 spiro atoms. The minimum absolute atomic E-state index is 0.00325. The molecule has 1 saturated heterocycles. The second kappa shape index (κ2) is 7.81. The summed E-state index contributed by atoms with van der Waals surface area (Å²) in [6.07, 6.45) is 4.07. The molecule has 1 aliphatic rings. The van der Waals surface area contributed by atoms with E-state index in [4.69, 9.17) is 20.2 Å². The first kappa shape index (κ1) is 17.2. The smallest absolute Gasteiger partial charge is 0.232 e. The highest BCUT2D eigenvalue weighted by molar-refractivity contribution is 8.13. The minimum Gasteiger partial charge on any atom is -0.378 e. The van der Waals surface area contributed by atoms with Crippen LogP contribution >= 0.6 is 10.7 Å². The quantitative estimate of drug-likeness (QED) is 0.678. The van der Waals surface area contributed by atoms with E-state index in [0.29, 0.717) is 6.61 Å². The molecule has 0 bridgehead atoms. The average Bonchev–Trinajstić information content (AvgIpc) is 2.23. The number of halogens is 1. The zero-order valence-electron chi connectivity index (χ0n) is 12.0. The van der Waals surface area contributed by atoms with E-state index >= 15 is 0 Å². The van der Waals surface area contributed by atoms with Crippen LogP contribution in [-0.4, -0.2) is 39.1 Å². The summed E-state index contributed by atoms with van der Waals surface area (Å²) in [4.78, 5) is 0. The van der Waals surface area contributed by atoms with Crippen LogP contribution in [0.4, 0.5) is 0 Å². The van der Waals surface area contributed by atoms with E-state index < -0.39 is 9.05 Å². The lowest BCUT2D eigenvalue weighted by molar-refractivity contribution is -0.106. The van der Waals surface area contributed by atoms with E-state index in [-0.39, 0.29) is 30.0 Å². The Kier molecular flexibility index (Phi) is 7.08. The Morgan fingerprint density at radius 1 is 1.32 bits per heavy atom. The van der Waals surface area contributed by atoms with Crippen molar-refractivity contribution >= 4 is 19.7 Å². The second-order valence-electron chi connectivity index (χ2n) is 5.54. The molecule has 3 atom stereocenters. The molecule has 0 N–H and O–H groups in total. The van der Waals surface area contributed by atoms with Gasteiger partial charge in [0.1, 0.15) is 0 Å². The van der Waals surface area contributed by atoms with Gasteiger partial charge in [0.2, 0.25) is 9.05 Å². The highest BCUT2D eigenvalue weighted by Crippen LogP contribution is 2.23. The third kappa shape index (κ3) is 7.49. The van der Waals surface area contributed by atoms with Crippen LogP contribution in [0.1, 0.15) is 46.5 Å². The Hall–Kier alpha value is 0.160. The summed E-state index contributed by atoms with van der Waals surface area (Å²) in [5, 5.41) is 0. The summed E-state index contributed by atoms with van der Waals surface area (Å²) in [7, 11) is 1.88. The lowest BCUT2D eigenvalue weighted by atomic mass is 10.0. The molecular formula is C13H25ClO4S. The van der Waals surface area contributed by atoms with Crippen molar-refractivity contribution in [1.82, 2.24) is 0 Å². The Labute approximate surface area is 121 Å². The second-order valence-corrected chi connectivity index (χ2v) is 8.37. The molecule has 0 radical (unpaired) electrons. The average molecular weight is 313 g/mol. The molecule has 6 heteroatoms. The molecule has 0 aliphatic carbocycles. The molecule has 19 heavy (non-hydrogen) atoms. The minimum atomic E-state index is -3.45. The fourth-order valence-corrected chi connectivity index (χ4v) is 4.02. The summed E-state index contributed by atoms with van der Waals surface area (Å²) in [6, 6.07) is 0. The van der Waals surface area contributed by atoms with Crippen LogP contribution in [0.15, 0.2) is 0 Å². The molecular weight excluding hydrogens is 288 g/mol. The van der Waals surface area contributed by atoms with Crippen molar-refractivity contribution in [2.45, 2.75) is 64.8 Å². The zero-order valence-corrected chi connectivity index (χ0v) is 13.5. The van der Waals surface area contributed by atoms with Crippen molar-refractivity contribution in [3.63, 3.8) is 0 Å². The van der Waals surface area contributed by atoms with Crippen LogP contribution < -0.4 is 0 Å². The Morgan fingerprint density at radius 3 is 2.37 bits per heavy atom. The van der Waals surface area contributed by atoms with Gasteiger partial charge < -0.3 is 9.47 Å². The first-order valence-corrected chi connectivity index (χ1v) is 9.47. The molecule has 0 amide bonds. The molecule has 114 valence electrons. The van der Waals surface area contributed by atoms with Gasteiger partial charge in [-0.2, -0.15) is 0 Å². The monoisotopic (exact) mass is 312 g/mol. The van der Waals surface area contributed by atoms with Crippen molar-refractivity contribution in [3.05, 3.63) is 0 Å². The van der Waals surface area contributed by atoms with Gasteiger partial charge in [0.15, 0.2) is 0 Å². The Bertz CT molecular complexity index is 348. The molecule has 0 aromatic carbocycles. The van der Waals surface area contributed by atoms with E-state index in [9.17, 15) is 8.42 Å². The van der Waals surface area contributed by atoms with Gasteiger partial charge in [0, 0.05) is 10.7 Å². The van der Waals surface area contributed by atoms with Gasteiger partial charge in [-0.25, -0.2) is 8.42 Å².